The average molecular weight is 278 g/mol. The third-order valence-electron chi connectivity index (χ3n) is 3.20. The van der Waals surface area contributed by atoms with Gasteiger partial charge in [-0.3, -0.25) is 4.79 Å². The number of carbonyl (C=O) groups excluding carboxylic acids is 1. The van der Waals surface area contributed by atoms with Gasteiger partial charge < -0.3 is 20.1 Å². The molecule has 110 valence electrons. The molecule has 20 heavy (non-hydrogen) atoms. The number of hydrogen-bond donors (Lipinski definition) is 2. The van der Waals surface area contributed by atoms with Gasteiger partial charge in [0.05, 0.1) is 13.2 Å². The number of hydrogen-bond acceptors (Lipinski definition) is 4. The summed E-state index contributed by atoms with van der Waals surface area (Å²) in [4.78, 5) is 12.0. The molecule has 5 nitrogen and oxygen atoms in total. The van der Waals surface area contributed by atoms with Crippen molar-refractivity contribution in [2.24, 2.45) is 5.92 Å². The number of anilines is 1. The molecule has 1 aliphatic rings. The highest BCUT2D eigenvalue weighted by Crippen LogP contribution is 2.25. The maximum atomic E-state index is 12.0. The fraction of sp³-hybridized carbons (Fsp3) is 0.533. The molecule has 2 rings (SSSR count). The fourth-order valence-corrected chi connectivity index (χ4v) is 2.03. The minimum absolute atomic E-state index is 0.0105. The molecule has 1 saturated heterocycles. The first-order valence-corrected chi connectivity index (χ1v) is 7.05. The second kappa shape index (κ2) is 7.38. The standard InChI is InChI=1S/C15H22N2O3/c1-3-16-10-11(2)14(18)17-13-6-4-5-12(9-13)15-19-7-8-20-15/h4-6,9,11,15-16H,3,7-8,10H2,1-2H3,(H,17,18). The fourth-order valence-electron chi connectivity index (χ4n) is 2.03. The molecular weight excluding hydrogens is 256 g/mol. The number of nitrogens with one attached hydrogen (secondary N) is 2. The Morgan fingerprint density at radius 1 is 1.40 bits per heavy atom. The van der Waals surface area contributed by atoms with Crippen LogP contribution in [-0.2, 0) is 14.3 Å². The first kappa shape index (κ1) is 15.0. The molecule has 0 aromatic heterocycles. The Balaban J connectivity index is 1.95. The zero-order chi connectivity index (χ0) is 14.4. The van der Waals surface area contributed by atoms with Gasteiger partial charge in [-0.05, 0) is 18.7 Å². The van der Waals surface area contributed by atoms with E-state index in [1.54, 1.807) is 0 Å². The molecule has 1 aliphatic heterocycles. The van der Waals surface area contributed by atoms with E-state index in [1.165, 1.54) is 0 Å². The van der Waals surface area contributed by atoms with Crippen LogP contribution in [0.1, 0.15) is 25.7 Å². The van der Waals surface area contributed by atoms with Crippen molar-refractivity contribution in [3.63, 3.8) is 0 Å². The number of carbonyl (C=O) groups is 1. The zero-order valence-electron chi connectivity index (χ0n) is 12.0. The molecule has 0 saturated carbocycles. The number of amides is 1. The smallest absolute Gasteiger partial charge is 0.228 e. The number of benzene rings is 1. The largest absolute Gasteiger partial charge is 0.346 e. The Kier molecular flexibility index (Phi) is 5.52. The van der Waals surface area contributed by atoms with E-state index in [9.17, 15) is 4.79 Å². The molecule has 0 aliphatic carbocycles. The Morgan fingerprint density at radius 2 is 2.15 bits per heavy atom. The summed E-state index contributed by atoms with van der Waals surface area (Å²) in [6.45, 7) is 6.70. The van der Waals surface area contributed by atoms with Crippen LogP contribution >= 0.6 is 0 Å². The molecule has 1 unspecified atom stereocenters. The van der Waals surface area contributed by atoms with Crippen LogP contribution in [0.3, 0.4) is 0 Å². The third-order valence-corrected chi connectivity index (χ3v) is 3.20. The summed E-state index contributed by atoms with van der Waals surface area (Å²) in [6, 6.07) is 7.60. The normalized spacial score (nSPS) is 17.1. The molecule has 5 heteroatoms. The molecule has 1 heterocycles. The molecule has 1 aromatic carbocycles. The van der Waals surface area contributed by atoms with Crippen molar-refractivity contribution in [1.82, 2.24) is 5.32 Å². The van der Waals surface area contributed by atoms with Crippen molar-refractivity contribution in [1.29, 1.82) is 0 Å². The van der Waals surface area contributed by atoms with Gasteiger partial charge in [0, 0.05) is 23.7 Å². The maximum absolute atomic E-state index is 12.0. The lowest BCUT2D eigenvalue weighted by molar-refractivity contribution is -0.119. The van der Waals surface area contributed by atoms with E-state index < -0.39 is 0 Å². The summed E-state index contributed by atoms with van der Waals surface area (Å²) in [5, 5.41) is 6.09. The number of rotatable bonds is 6. The Bertz CT molecular complexity index is 444. The molecule has 1 fully saturated rings. The Morgan fingerprint density at radius 3 is 2.85 bits per heavy atom. The third kappa shape index (κ3) is 4.03. The highest BCUT2D eigenvalue weighted by atomic mass is 16.7. The minimum atomic E-state index is -0.314. The van der Waals surface area contributed by atoms with Crippen molar-refractivity contribution in [2.45, 2.75) is 20.1 Å². The molecule has 0 spiro atoms. The highest BCUT2D eigenvalue weighted by molar-refractivity contribution is 5.92. The van der Waals surface area contributed by atoms with Crippen molar-refractivity contribution >= 4 is 11.6 Å². The van der Waals surface area contributed by atoms with Gasteiger partial charge in [-0.25, -0.2) is 0 Å². The van der Waals surface area contributed by atoms with Crippen LogP contribution in [0.4, 0.5) is 5.69 Å². The summed E-state index contributed by atoms with van der Waals surface area (Å²) in [5.74, 6) is -0.0612. The molecule has 0 bridgehead atoms. The van der Waals surface area contributed by atoms with Gasteiger partial charge >= 0.3 is 0 Å². The van der Waals surface area contributed by atoms with Gasteiger partial charge in [0.1, 0.15) is 0 Å². The van der Waals surface area contributed by atoms with E-state index >= 15 is 0 Å². The quantitative estimate of drug-likeness (QED) is 0.834. The maximum Gasteiger partial charge on any atom is 0.228 e. The van der Waals surface area contributed by atoms with Crippen molar-refractivity contribution in [2.75, 3.05) is 31.6 Å². The van der Waals surface area contributed by atoms with Crippen LogP contribution in [0.25, 0.3) is 0 Å². The second-order valence-corrected chi connectivity index (χ2v) is 4.90. The van der Waals surface area contributed by atoms with E-state index in [0.29, 0.717) is 19.8 Å². The van der Waals surface area contributed by atoms with E-state index in [0.717, 1.165) is 17.8 Å². The average Bonchev–Trinajstić information content (AvgIpc) is 2.99. The summed E-state index contributed by atoms with van der Waals surface area (Å²) >= 11 is 0. The van der Waals surface area contributed by atoms with Crippen LogP contribution in [0.2, 0.25) is 0 Å². The molecule has 1 atom stereocenters. The Hall–Kier alpha value is -1.43. The Labute approximate surface area is 119 Å². The lowest BCUT2D eigenvalue weighted by Crippen LogP contribution is -2.30. The van der Waals surface area contributed by atoms with E-state index in [1.807, 2.05) is 38.1 Å². The van der Waals surface area contributed by atoms with Gasteiger partial charge in [0.2, 0.25) is 5.91 Å². The predicted octanol–water partition coefficient (Wildman–Crippen LogP) is 1.92. The van der Waals surface area contributed by atoms with Crippen molar-refractivity contribution in [3.05, 3.63) is 29.8 Å². The number of ether oxygens (including phenoxy) is 2. The molecular formula is C15H22N2O3. The summed E-state index contributed by atoms with van der Waals surface area (Å²) < 4.78 is 10.9. The van der Waals surface area contributed by atoms with E-state index in [4.69, 9.17) is 9.47 Å². The minimum Gasteiger partial charge on any atom is -0.346 e. The second-order valence-electron chi connectivity index (χ2n) is 4.90. The summed E-state index contributed by atoms with van der Waals surface area (Å²) in [5.41, 5.74) is 1.70. The molecule has 2 N–H and O–H groups in total. The van der Waals surface area contributed by atoms with Gasteiger partial charge in [-0.2, -0.15) is 0 Å². The zero-order valence-corrected chi connectivity index (χ0v) is 12.0. The lowest BCUT2D eigenvalue weighted by atomic mass is 10.1. The van der Waals surface area contributed by atoms with E-state index in [-0.39, 0.29) is 18.1 Å². The van der Waals surface area contributed by atoms with Gasteiger partial charge in [-0.1, -0.05) is 26.0 Å². The van der Waals surface area contributed by atoms with Crippen LogP contribution in [-0.4, -0.2) is 32.2 Å². The summed E-state index contributed by atoms with van der Waals surface area (Å²) in [6.07, 6.45) is -0.314. The summed E-state index contributed by atoms with van der Waals surface area (Å²) in [7, 11) is 0. The SMILES string of the molecule is CCNCC(C)C(=O)Nc1cccc(C2OCCO2)c1. The predicted molar refractivity (Wildman–Crippen MR) is 77.4 cm³/mol. The van der Waals surface area contributed by atoms with Gasteiger partial charge in [-0.15, -0.1) is 0 Å². The molecule has 1 amide bonds. The van der Waals surface area contributed by atoms with E-state index in [2.05, 4.69) is 10.6 Å². The lowest BCUT2D eigenvalue weighted by Gasteiger charge is -2.14. The molecule has 0 radical (unpaired) electrons. The van der Waals surface area contributed by atoms with Crippen molar-refractivity contribution < 1.29 is 14.3 Å². The van der Waals surface area contributed by atoms with Crippen molar-refractivity contribution in [3.8, 4) is 0 Å². The first-order valence-electron chi connectivity index (χ1n) is 7.05. The highest BCUT2D eigenvalue weighted by Gasteiger charge is 2.19. The van der Waals surface area contributed by atoms with Crippen LogP contribution in [0, 0.1) is 5.92 Å². The van der Waals surface area contributed by atoms with Crippen LogP contribution in [0.15, 0.2) is 24.3 Å². The van der Waals surface area contributed by atoms with Gasteiger partial charge in [0.25, 0.3) is 0 Å². The van der Waals surface area contributed by atoms with Gasteiger partial charge in [0.15, 0.2) is 6.29 Å². The van der Waals surface area contributed by atoms with Crippen LogP contribution in [0.5, 0.6) is 0 Å². The van der Waals surface area contributed by atoms with Crippen LogP contribution < -0.4 is 10.6 Å². The first-order chi connectivity index (χ1) is 9.70. The monoisotopic (exact) mass is 278 g/mol. The molecule has 1 aromatic rings. The topological polar surface area (TPSA) is 59.6 Å².